The van der Waals surface area contributed by atoms with Crippen LogP contribution in [0.25, 0.3) is 0 Å². The van der Waals surface area contributed by atoms with Gasteiger partial charge in [0.2, 0.25) is 0 Å². The van der Waals surface area contributed by atoms with Crippen LogP contribution in [0.5, 0.6) is 0 Å². The van der Waals surface area contributed by atoms with E-state index in [1.165, 1.54) is 0 Å². The average molecular weight is 318 g/mol. The van der Waals surface area contributed by atoms with E-state index in [1.807, 2.05) is 6.92 Å². The molecule has 2 aliphatic carbocycles. The maximum atomic E-state index is 13.5. The molecule has 2 aliphatic rings. The van der Waals surface area contributed by atoms with Crippen molar-refractivity contribution in [2.75, 3.05) is 0 Å². The molecule has 2 fully saturated rings. The number of halogens is 3. The van der Waals surface area contributed by atoms with E-state index in [2.05, 4.69) is 0 Å². The fourth-order valence-corrected chi connectivity index (χ4v) is 4.02. The van der Waals surface area contributed by atoms with Crippen molar-refractivity contribution in [3.05, 3.63) is 0 Å². The van der Waals surface area contributed by atoms with Crippen LogP contribution in [0.15, 0.2) is 0 Å². The number of carbonyl (C=O) groups is 2. The second-order valence-corrected chi connectivity index (χ2v) is 7.28. The molecule has 0 N–H and O–H groups in total. The molecular formula is C17H25F3O2. The van der Waals surface area contributed by atoms with Crippen molar-refractivity contribution in [1.29, 1.82) is 0 Å². The zero-order valence-corrected chi connectivity index (χ0v) is 13.2. The van der Waals surface area contributed by atoms with Crippen molar-refractivity contribution in [2.45, 2.75) is 83.7 Å². The fraction of sp³-hybridized carbons (Fsp3) is 0.882. The Labute approximate surface area is 129 Å². The summed E-state index contributed by atoms with van der Waals surface area (Å²) in [7, 11) is 0. The van der Waals surface area contributed by atoms with E-state index >= 15 is 0 Å². The van der Waals surface area contributed by atoms with Gasteiger partial charge in [0.1, 0.15) is 11.2 Å². The molecule has 0 spiro atoms. The molecule has 0 aromatic carbocycles. The molecule has 0 atom stereocenters. The van der Waals surface area contributed by atoms with Crippen LogP contribution in [0.4, 0.5) is 13.2 Å². The Morgan fingerprint density at radius 2 is 1.27 bits per heavy atom. The Bertz CT molecular complexity index is 428. The summed E-state index contributed by atoms with van der Waals surface area (Å²) in [6, 6.07) is 0. The lowest BCUT2D eigenvalue weighted by Crippen LogP contribution is -2.48. The molecule has 0 unspecified atom stereocenters. The summed E-state index contributed by atoms with van der Waals surface area (Å²) in [6.07, 6.45) is 0.443. The third kappa shape index (κ3) is 3.23. The van der Waals surface area contributed by atoms with Gasteiger partial charge >= 0.3 is 6.18 Å². The van der Waals surface area contributed by atoms with Gasteiger partial charge in [-0.05, 0) is 25.7 Å². The molecule has 0 aromatic rings. The standard InChI is InChI=1S/C17H25F3O2/c1-15(8-4-2-5-9-15)13(21)12-14(22)16(17(18,19)20)10-6-3-7-11-16/h2-12H2,1H3. The van der Waals surface area contributed by atoms with Crippen molar-refractivity contribution >= 4 is 11.6 Å². The number of hydrogen-bond donors (Lipinski definition) is 0. The summed E-state index contributed by atoms with van der Waals surface area (Å²) >= 11 is 0. The Hall–Kier alpha value is -0.870. The number of carbonyl (C=O) groups excluding carboxylic acids is 2. The molecule has 2 saturated carbocycles. The van der Waals surface area contributed by atoms with E-state index in [1.54, 1.807) is 0 Å². The highest BCUT2D eigenvalue weighted by Gasteiger charge is 2.59. The lowest BCUT2D eigenvalue weighted by Gasteiger charge is -2.38. The first-order valence-corrected chi connectivity index (χ1v) is 8.35. The van der Waals surface area contributed by atoms with Crippen LogP contribution >= 0.6 is 0 Å². The van der Waals surface area contributed by atoms with Gasteiger partial charge in [0.05, 0.1) is 6.42 Å². The van der Waals surface area contributed by atoms with E-state index in [0.29, 0.717) is 25.7 Å². The van der Waals surface area contributed by atoms with Gasteiger partial charge in [-0.25, -0.2) is 0 Å². The van der Waals surface area contributed by atoms with E-state index < -0.39 is 29.2 Å². The Kier molecular flexibility index (Phi) is 5.03. The summed E-state index contributed by atoms with van der Waals surface area (Å²) in [5.41, 5.74) is -2.87. The minimum Gasteiger partial charge on any atom is -0.299 e. The Morgan fingerprint density at radius 3 is 1.73 bits per heavy atom. The van der Waals surface area contributed by atoms with Gasteiger partial charge in [-0.15, -0.1) is 0 Å². The summed E-state index contributed by atoms with van der Waals surface area (Å²) in [5, 5.41) is 0. The first-order valence-electron chi connectivity index (χ1n) is 8.35. The van der Waals surface area contributed by atoms with Gasteiger partial charge in [0, 0.05) is 5.41 Å². The molecule has 2 rings (SSSR count). The third-order valence-electron chi connectivity index (χ3n) is 5.73. The third-order valence-corrected chi connectivity index (χ3v) is 5.73. The normalized spacial score (nSPS) is 24.7. The molecule has 0 saturated heterocycles. The van der Waals surface area contributed by atoms with Crippen molar-refractivity contribution < 1.29 is 22.8 Å². The van der Waals surface area contributed by atoms with Crippen LogP contribution in [0.2, 0.25) is 0 Å². The molecule has 22 heavy (non-hydrogen) atoms. The SMILES string of the molecule is CC1(C(=O)CC(=O)C2(C(F)(F)F)CCCCC2)CCCCC1. The number of Topliss-reactive ketones (excluding diaryl/α,β-unsaturated/α-hetero) is 2. The summed E-state index contributed by atoms with van der Waals surface area (Å²) < 4.78 is 40.5. The van der Waals surface area contributed by atoms with E-state index in [-0.39, 0.29) is 18.6 Å². The van der Waals surface area contributed by atoms with E-state index in [0.717, 1.165) is 25.7 Å². The molecule has 5 heteroatoms. The lowest BCUT2D eigenvalue weighted by molar-refractivity contribution is -0.228. The number of alkyl halides is 3. The zero-order valence-electron chi connectivity index (χ0n) is 13.2. The maximum Gasteiger partial charge on any atom is 0.401 e. The van der Waals surface area contributed by atoms with Crippen LogP contribution in [0, 0.1) is 10.8 Å². The largest absolute Gasteiger partial charge is 0.401 e. The summed E-state index contributed by atoms with van der Waals surface area (Å²) in [5.74, 6) is -1.18. The number of rotatable bonds is 4. The van der Waals surface area contributed by atoms with Crippen molar-refractivity contribution in [2.24, 2.45) is 10.8 Å². The first-order chi connectivity index (χ1) is 10.2. The molecule has 0 aliphatic heterocycles. The predicted molar refractivity (Wildman–Crippen MR) is 77.4 cm³/mol. The van der Waals surface area contributed by atoms with Gasteiger partial charge in [0.15, 0.2) is 5.78 Å². The van der Waals surface area contributed by atoms with Gasteiger partial charge in [-0.2, -0.15) is 13.2 Å². The topological polar surface area (TPSA) is 34.1 Å². The molecule has 126 valence electrons. The zero-order chi connectivity index (χ0) is 16.4. The lowest BCUT2D eigenvalue weighted by atomic mass is 9.66. The van der Waals surface area contributed by atoms with Crippen molar-refractivity contribution in [3.8, 4) is 0 Å². The van der Waals surface area contributed by atoms with Crippen LogP contribution in [-0.4, -0.2) is 17.7 Å². The number of ketones is 2. The van der Waals surface area contributed by atoms with Crippen LogP contribution < -0.4 is 0 Å². The molecule has 0 heterocycles. The predicted octanol–water partition coefficient (Wildman–Crippen LogP) is 5.00. The summed E-state index contributed by atoms with van der Waals surface area (Å²) in [4.78, 5) is 24.9. The second kappa shape index (κ2) is 6.32. The van der Waals surface area contributed by atoms with Gasteiger partial charge in [-0.3, -0.25) is 9.59 Å². The molecule has 2 nitrogen and oxygen atoms in total. The molecule has 0 bridgehead atoms. The second-order valence-electron chi connectivity index (χ2n) is 7.28. The van der Waals surface area contributed by atoms with Crippen LogP contribution in [0.1, 0.15) is 77.6 Å². The van der Waals surface area contributed by atoms with Crippen LogP contribution in [0.3, 0.4) is 0 Å². The van der Waals surface area contributed by atoms with Gasteiger partial charge in [0.25, 0.3) is 0 Å². The Balaban J connectivity index is 2.13. The molecule has 0 radical (unpaired) electrons. The minimum absolute atomic E-state index is 0.153. The highest BCUT2D eigenvalue weighted by molar-refractivity contribution is 6.04. The quantitative estimate of drug-likeness (QED) is 0.684. The molecule has 0 amide bonds. The number of hydrogen-bond acceptors (Lipinski definition) is 2. The van der Waals surface area contributed by atoms with Crippen molar-refractivity contribution in [3.63, 3.8) is 0 Å². The first kappa shape index (κ1) is 17.5. The van der Waals surface area contributed by atoms with Crippen LogP contribution in [-0.2, 0) is 9.59 Å². The highest BCUT2D eigenvalue weighted by atomic mass is 19.4. The molecule has 0 aromatic heterocycles. The summed E-state index contributed by atoms with van der Waals surface area (Å²) in [6.45, 7) is 1.81. The monoisotopic (exact) mass is 318 g/mol. The molecular weight excluding hydrogens is 293 g/mol. The smallest absolute Gasteiger partial charge is 0.299 e. The average Bonchev–Trinajstić information content (AvgIpc) is 2.47. The maximum absolute atomic E-state index is 13.5. The fourth-order valence-electron chi connectivity index (χ4n) is 4.02. The van der Waals surface area contributed by atoms with E-state index in [4.69, 9.17) is 0 Å². The minimum atomic E-state index is -4.54. The van der Waals surface area contributed by atoms with Gasteiger partial charge in [-0.1, -0.05) is 45.4 Å². The highest BCUT2D eigenvalue weighted by Crippen LogP contribution is 2.50. The van der Waals surface area contributed by atoms with Crippen molar-refractivity contribution in [1.82, 2.24) is 0 Å². The van der Waals surface area contributed by atoms with E-state index in [9.17, 15) is 22.8 Å². The van der Waals surface area contributed by atoms with Gasteiger partial charge < -0.3 is 0 Å². The Morgan fingerprint density at radius 1 is 0.818 bits per heavy atom.